The third-order valence-corrected chi connectivity index (χ3v) is 30.1. The number of carboxylic acid groups (broad SMARTS) is 3. The number of hydrogen-bond donors (Lipinski definition) is 12. The minimum Gasteiger partial charge on any atom is -0.481 e. The van der Waals surface area contributed by atoms with Gasteiger partial charge in [0.05, 0.1) is 68.4 Å². The van der Waals surface area contributed by atoms with Gasteiger partial charge in [-0.3, -0.25) is 33.7 Å². The van der Waals surface area contributed by atoms with Crippen LogP contribution in [0.25, 0.3) is 69.9 Å². The number of H-pyrrole nitrogens is 6. The molecule has 3 saturated heterocycles. The molecule has 9 atom stereocenters. The van der Waals surface area contributed by atoms with E-state index in [0.717, 1.165) is 235 Å². The summed E-state index contributed by atoms with van der Waals surface area (Å²) in [5.41, 5.74) is 36.3. The second-order valence-electron chi connectivity index (χ2n) is 36.3. The number of carbonyl (C=O) groups excluding carboxylic acids is 3. The molecule has 0 spiro atoms. The number of aromatic nitrogens is 6. The van der Waals surface area contributed by atoms with Crippen molar-refractivity contribution in [3.8, 4) is 0 Å². The standard InChI is InChI=1S/C99H111N13O9/c1-19-55-40(4)67-31-76-64(46(10)88(106-76)52(16)91-43(7)58(22-25-82(116)117)94(109-91)61-28-79(113)85-49(13)70(103-97(61)85)34-73(55)100-67)37-112(38-65-47(11)89-53(17)92-44(8)59(23-26-83(118)119)95(110-92)62-29-80(114)86-50(14)71(104-98(62)86)35-74-56(20-2)41(5)68(101-74)32-77(65)107-89)39-66-48(12)90-54(18)93-45(9)60(24-27-84(120)121)96(111-93)63-30-81(115)87-51(15)72(105-99(63)87)36-75-57(21-3)42(6)69(102-75)33-78(66)108-90/h31-36,43-45,58-60,94-96,103-111H,19-30,37-39H2,1-18H3,(H,116,117)(H,118,119)(H,120,121)/b67-31?,68-32?,69-33?,70-34-,71-35?,72-36?,91-52-,92-53?,93-54?. The molecule has 12 N–H and O–H groups in total. The molecule has 0 amide bonds. The summed E-state index contributed by atoms with van der Waals surface area (Å²) in [6, 6.07) is -1.02. The first-order valence-electron chi connectivity index (χ1n) is 43.6. The van der Waals surface area contributed by atoms with Crippen LogP contribution >= 0.6 is 0 Å². The molecule has 6 aromatic rings. The molecule has 3 aliphatic carbocycles. The highest BCUT2D eigenvalue weighted by Gasteiger charge is 2.48. The lowest BCUT2D eigenvalue weighted by atomic mass is 9.82. The topological polar surface area (TPSA) is 334 Å². The van der Waals surface area contributed by atoms with Gasteiger partial charge in [0.1, 0.15) is 0 Å². The second kappa shape index (κ2) is 29.9. The number of hydrogen-bond acceptors (Lipinski definition) is 13. The predicted molar refractivity (Wildman–Crippen MR) is 477 cm³/mol. The summed E-state index contributed by atoms with van der Waals surface area (Å²) in [5, 5.41) is 48.1. The van der Waals surface area contributed by atoms with E-state index in [1.165, 1.54) is 0 Å². The lowest BCUT2D eigenvalue weighted by Crippen LogP contribution is -2.32. The zero-order chi connectivity index (χ0) is 85.6. The molecule has 0 saturated carbocycles. The van der Waals surface area contributed by atoms with Crippen LogP contribution in [0, 0.1) is 77.0 Å². The molecule has 0 aromatic carbocycles. The van der Waals surface area contributed by atoms with Gasteiger partial charge in [-0.1, -0.05) is 41.5 Å². The van der Waals surface area contributed by atoms with E-state index >= 15 is 0 Å². The Morgan fingerprint density at radius 1 is 0.380 bits per heavy atom. The maximum atomic E-state index is 14.5. The largest absolute Gasteiger partial charge is 0.481 e. The van der Waals surface area contributed by atoms with E-state index in [2.05, 4.69) is 191 Å². The molecule has 6 aromatic heterocycles. The summed E-state index contributed by atoms with van der Waals surface area (Å²) >= 11 is 0. The molecule has 15 heterocycles. The maximum Gasteiger partial charge on any atom is 0.303 e. The van der Waals surface area contributed by atoms with Crippen LogP contribution in [0.2, 0.25) is 0 Å². The van der Waals surface area contributed by atoms with Gasteiger partial charge in [0, 0.05) is 160 Å². The van der Waals surface area contributed by atoms with Gasteiger partial charge >= 0.3 is 17.9 Å². The summed E-state index contributed by atoms with van der Waals surface area (Å²) in [4.78, 5) is 124. The van der Waals surface area contributed by atoms with E-state index in [9.17, 15) is 44.1 Å². The summed E-state index contributed by atoms with van der Waals surface area (Å²) < 4.78 is 0. The molecule has 9 aliphatic heterocycles. The number of ketones is 3. The Kier molecular flexibility index (Phi) is 19.9. The normalized spacial score (nSPS) is 24.7. The maximum absolute atomic E-state index is 14.5. The van der Waals surface area contributed by atoms with Crippen LogP contribution in [0.3, 0.4) is 0 Å². The summed E-state index contributed by atoms with van der Waals surface area (Å²) in [5.74, 6) is -3.39. The number of carbonyl (C=O) groups is 6. The Hall–Kier alpha value is -11.7. The Morgan fingerprint density at radius 3 is 0.893 bits per heavy atom. The van der Waals surface area contributed by atoms with Crippen LogP contribution in [0.15, 0.2) is 82.6 Å². The molecule has 626 valence electrons. The first kappa shape index (κ1) is 80.4. The van der Waals surface area contributed by atoms with Crippen molar-refractivity contribution in [1.29, 1.82) is 0 Å². The van der Waals surface area contributed by atoms with E-state index in [4.69, 9.17) is 15.0 Å². The Labute approximate surface area is 703 Å². The lowest BCUT2D eigenvalue weighted by molar-refractivity contribution is -0.138. The summed E-state index contributed by atoms with van der Waals surface area (Å²) in [7, 11) is 0. The minimum atomic E-state index is -0.871. The Balaban J connectivity index is 0.878. The van der Waals surface area contributed by atoms with Crippen LogP contribution in [0.5, 0.6) is 0 Å². The van der Waals surface area contributed by atoms with Crippen LogP contribution in [-0.4, -0.2) is 121 Å². The van der Waals surface area contributed by atoms with Gasteiger partial charge in [0.2, 0.25) is 0 Å². The quantitative estimate of drug-likeness (QED) is 0.0381. The number of rotatable bonds is 18. The molecule has 22 nitrogen and oxygen atoms in total. The molecule has 3 fully saturated rings. The van der Waals surface area contributed by atoms with Gasteiger partial charge in [0.15, 0.2) is 17.3 Å². The van der Waals surface area contributed by atoms with Crippen LogP contribution in [0.1, 0.15) is 275 Å². The monoisotopic (exact) mass is 1630 g/mol. The van der Waals surface area contributed by atoms with E-state index < -0.39 is 17.9 Å². The number of aliphatic imine (C=N–C) groups is 3. The molecule has 22 heteroatoms. The number of Topliss-reactive ketones (excluding diaryl/α,β-unsaturated/α-hetero) is 3. The summed E-state index contributed by atoms with van der Waals surface area (Å²) in [6.45, 7) is 39.9. The zero-order valence-corrected chi connectivity index (χ0v) is 72.8. The fourth-order valence-electron chi connectivity index (χ4n) is 23.3. The fourth-order valence-corrected chi connectivity index (χ4v) is 23.3. The lowest BCUT2D eigenvalue weighted by Gasteiger charge is -2.25. The first-order valence-corrected chi connectivity index (χ1v) is 43.6. The van der Waals surface area contributed by atoms with Crippen molar-refractivity contribution >= 4 is 122 Å². The third kappa shape index (κ3) is 12.8. The highest BCUT2D eigenvalue weighted by atomic mass is 16.4. The van der Waals surface area contributed by atoms with Crippen molar-refractivity contribution in [2.75, 3.05) is 0 Å². The van der Waals surface area contributed by atoms with E-state index in [1.54, 1.807) is 0 Å². The van der Waals surface area contributed by atoms with Crippen molar-refractivity contribution in [2.24, 2.45) is 50.5 Å². The Morgan fingerprint density at radius 2 is 0.645 bits per heavy atom. The van der Waals surface area contributed by atoms with Crippen molar-refractivity contribution in [2.45, 2.75) is 239 Å². The van der Waals surface area contributed by atoms with Crippen molar-refractivity contribution in [3.63, 3.8) is 0 Å². The SMILES string of the molecule is CCC1=C(C)C2=Cc3[nH]c(c(C)c3CN(Cc3c4[nH]c(c3C)C(C)=C3NC(C5=c6[nH]c(c(C)c6C(=O)C5)=CC5=NC(=C4)C(C)=C5CC)C(CCC(=O)O)C3C)Cc3c4[nH]c(c3C)/C(C)=C3\NC(C5=c6[nH]/c(c(C)c6C(=O)C5)=C\C5=NC(=C4)C(C)=C5CC)C(CCC(=O)O)C3C)C(C)=C3NC(C4=c5[nH]c(c(C)c5C(=O)C4)=CC1=N2)C(CCC(=O)O)C3C. The number of allylic oxidation sites excluding steroid dienone is 12. The molecule has 121 heavy (non-hydrogen) atoms. The van der Waals surface area contributed by atoms with Crippen molar-refractivity contribution in [1.82, 2.24) is 50.8 Å². The van der Waals surface area contributed by atoms with Crippen molar-refractivity contribution < 1.29 is 44.1 Å². The van der Waals surface area contributed by atoms with Crippen LogP contribution in [0.4, 0.5) is 0 Å². The number of nitrogens with zero attached hydrogens (tertiary/aromatic N) is 4. The first-order chi connectivity index (χ1) is 57.7. The number of fused-ring (bicyclic) bond motifs is 21. The number of aliphatic carboxylic acids is 3. The second-order valence-corrected chi connectivity index (χ2v) is 36.3. The van der Waals surface area contributed by atoms with Gasteiger partial charge in [-0.15, -0.1) is 0 Å². The van der Waals surface area contributed by atoms with E-state index in [0.29, 0.717) is 74.8 Å². The fraction of sp³-hybridized carbons (Fsp3) is 0.424. The molecular weight excluding hydrogens is 1520 g/mol. The van der Waals surface area contributed by atoms with Gasteiger partial charge in [-0.05, 0) is 293 Å². The van der Waals surface area contributed by atoms with Gasteiger partial charge in [-0.25, -0.2) is 15.0 Å². The average molecular weight is 1630 g/mol. The van der Waals surface area contributed by atoms with Gasteiger partial charge in [-0.2, -0.15) is 0 Å². The molecular formula is C99H111N13O9. The predicted octanol–water partition coefficient (Wildman–Crippen LogP) is 13.4. The van der Waals surface area contributed by atoms with E-state index in [-0.39, 0.29) is 110 Å². The smallest absolute Gasteiger partial charge is 0.303 e. The third-order valence-electron chi connectivity index (χ3n) is 30.1. The highest BCUT2D eigenvalue weighted by molar-refractivity contribution is 6.25. The van der Waals surface area contributed by atoms with Crippen LogP contribution < -0.4 is 48.0 Å². The average Bonchev–Trinajstić information content (AvgIpc) is 1.58. The van der Waals surface area contributed by atoms with Gasteiger partial charge < -0.3 is 61.2 Å². The number of nitrogens with one attached hydrogen (secondary N) is 9. The summed E-state index contributed by atoms with van der Waals surface area (Å²) in [6.07, 6.45) is 16.8. The highest BCUT2D eigenvalue weighted by Crippen LogP contribution is 2.49. The van der Waals surface area contributed by atoms with E-state index in [1.807, 2.05) is 20.8 Å². The molecule has 18 rings (SSSR count). The van der Waals surface area contributed by atoms with Gasteiger partial charge in [0.25, 0.3) is 0 Å². The molecule has 9 unspecified atom stereocenters. The van der Waals surface area contributed by atoms with Crippen LogP contribution in [-0.2, 0) is 34.0 Å². The zero-order valence-electron chi connectivity index (χ0n) is 72.8. The minimum absolute atomic E-state index is 0.0322. The number of carboxylic acids is 3. The molecule has 12 aliphatic rings. The Bertz CT molecular complexity index is 5990. The number of aromatic amines is 6. The molecule has 0 radical (unpaired) electrons. The van der Waals surface area contributed by atoms with Crippen molar-refractivity contribution in [3.05, 3.63) is 201 Å². The molecule has 24 bridgehead atoms.